The summed E-state index contributed by atoms with van der Waals surface area (Å²) in [5, 5.41) is 69.3. The maximum absolute atomic E-state index is 14.0. The van der Waals surface area contributed by atoms with E-state index in [1.807, 2.05) is 0 Å². The lowest BCUT2D eigenvalue weighted by atomic mass is 10.0. The lowest BCUT2D eigenvalue weighted by molar-refractivity contribution is -0.142. The minimum atomic E-state index is -2.11. The Balaban J connectivity index is 2.39. The third-order valence-electron chi connectivity index (χ3n) is 11.4. The highest BCUT2D eigenvalue weighted by Crippen LogP contribution is 2.13. The van der Waals surface area contributed by atoms with Gasteiger partial charge in [0, 0.05) is 55.5 Å². The van der Waals surface area contributed by atoms with Gasteiger partial charge in [-0.1, -0.05) is 12.1 Å². The Morgan fingerprint density at radius 2 is 0.963 bits per heavy atom. The van der Waals surface area contributed by atoms with E-state index in [1.54, 1.807) is 0 Å². The predicted molar refractivity (Wildman–Crippen MR) is 284 cm³/mol. The molecule has 446 valence electrons. The van der Waals surface area contributed by atoms with Crippen LogP contribution in [0.25, 0.3) is 0 Å². The van der Waals surface area contributed by atoms with Gasteiger partial charge in [-0.15, -0.1) is 0 Å². The molecule has 33 nitrogen and oxygen atoms in total. The van der Waals surface area contributed by atoms with Crippen LogP contribution in [0, 0.1) is 0 Å². The van der Waals surface area contributed by atoms with Crippen LogP contribution in [0.15, 0.2) is 36.8 Å². The topological polar surface area (TPSA) is 555 Å². The van der Waals surface area contributed by atoms with Gasteiger partial charge in [-0.25, -0.2) is 4.98 Å². The summed E-state index contributed by atoms with van der Waals surface area (Å²) in [5.41, 5.74) is 16.6. The van der Waals surface area contributed by atoms with Crippen molar-refractivity contribution in [2.24, 2.45) is 17.2 Å². The second-order valence-corrected chi connectivity index (χ2v) is 18.6. The molecule has 0 unspecified atom stereocenters. The lowest BCUT2D eigenvalue weighted by Crippen LogP contribution is -2.62. The molecule has 21 N–H and O–H groups in total. The molecule has 0 radical (unpaired) electrons. The molecule has 1 aromatic heterocycles. The van der Waals surface area contributed by atoms with Crippen LogP contribution in [-0.2, 0) is 80.0 Å². The monoisotopic (exact) mass is 1180 g/mol. The fraction of sp³-hybridized carbons (Fsp3) is 0.500. The first-order valence-corrected chi connectivity index (χ1v) is 25.7. The maximum atomic E-state index is 14.0. The van der Waals surface area contributed by atoms with Crippen LogP contribution in [0.4, 0.5) is 0 Å². The Kier molecular flexibility index (Phi) is 29.1. The molecule has 1 aromatic carbocycles. The first-order valence-electron chi connectivity index (χ1n) is 24.4. The molecule has 0 aliphatic carbocycles. The normalized spacial score (nSPS) is 14.6. The lowest BCUT2D eigenvalue weighted by Gasteiger charge is -2.28. The average molecular weight is 1180 g/mol. The fourth-order valence-corrected chi connectivity index (χ4v) is 7.64. The molecular weight excluding hydrogens is 1120 g/mol. The number of nitrogens with one attached hydrogen (secondary N) is 10. The van der Waals surface area contributed by atoms with Gasteiger partial charge in [0.05, 0.1) is 25.4 Å². The smallest absolute Gasteiger partial charge is 0.305 e. The second kappa shape index (κ2) is 34.4. The number of H-pyrrole nitrogens is 1. The molecule has 1 heterocycles. The molecule has 0 bridgehead atoms. The number of benzene rings is 1. The molecular formula is C46H66N14O19S2. The molecule has 0 saturated carbocycles. The number of aliphatic hydroxyl groups is 1. The number of carboxylic acids is 3. The number of aliphatic hydroxyl groups excluding tert-OH is 1. The zero-order chi connectivity index (χ0) is 61.1. The van der Waals surface area contributed by atoms with E-state index in [0.29, 0.717) is 11.3 Å². The number of hydrogen-bond donors (Lipinski definition) is 20. The summed E-state index contributed by atoms with van der Waals surface area (Å²) >= 11 is 8.14. The molecule has 81 heavy (non-hydrogen) atoms. The average Bonchev–Trinajstić information content (AvgIpc) is 3.92. The number of thiol groups is 2. The van der Waals surface area contributed by atoms with Gasteiger partial charge in [-0.3, -0.25) is 67.1 Å². The SMILES string of the molecule is C[C@@H](O)[C@H](NC(=O)[C@H](CCC(=O)O)NC(=O)[C@H](CC(=O)O)NC(=O)[C@H](CS)NC(=O)[C@H](Cc1ccc(O)cc1)NC(=O)[C@H](Cc1cnc[nH]1)NC(=O)CN)C(=O)N[C@@H](CCC(=O)O)C(=O)N[C@@H](CS)C(=O)N[C@@H](CCC(N)=O)C(N)=O. The number of imidazole rings is 1. The van der Waals surface area contributed by atoms with Gasteiger partial charge in [0.25, 0.3) is 0 Å². The van der Waals surface area contributed by atoms with Gasteiger partial charge < -0.3 is 95.6 Å². The summed E-state index contributed by atoms with van der Waals surface area (Å²) < 4.78 is 0. The predicted octanol–water partition coefficient (Wildman–Crippen LogP) is -7.58. The number of aromatic hydroxyl groups is 1. The van der Waals surface area contributed by atoms with Crippen molar-refractivity contribution in [1.29, 1.82) is 0 Å². The number of amides is 11. The third-order valence-corrected chi connectivity index (χ3v) is 12.2. The van der Waals surface area contributed by atoms with Crippen molar-refractivity contribution in [3.8, 4) is 5.75 Å². The van der Waals surface area contributed by atoms with E-state index in [2.05, 4.69) is 83.1 Å². The van der Waals surface area contributed by atoms with Crippen molar-refractivity contribution in [2.45, 2.75) is 125 Å². The van der Waals surface area contributed by atoms with Crippen molar-refractivity contribution in [1.82, 2.24) is 57.8 Å². The molecule has 2 aromatic rings. The highest BCUT2D eigenvalue weighted by atomic mass is 32.1. The number of carboxylic acid groups (broad SMARTS) is 3. The van der Waals surface area contributed by atoms with Crippen molar-refractivity contribution >= 4 is 108 Å². The van der Waals surface area contributed by atoms with Crippen LogP contribution < -0.4 is 65.1 Å². The van der Waals surface area contributed by atoms with Gasteiger partial charge in [0.1, 0.15) is 60.1 Å². The highest BCUT2D eigenvalue weighted by molar-refractivity contribution is 7.80. The molecule has 2 rings (SSSR count). The molecule has 10 atom stereocenters. The minimum absolute atomic E-state index is 0.143. The fourth-order valence-electron chi connectivity index (χ4n) is 7.13. The number of rotatable bonds is 37. The van der Waals surface area contributed by atoms with E-state index in [1.165, 1.54) is 36.8 Å². The zero-order valence-corrected chi connectivity index (χ0v) is 45.0. The Bertz CT molecular complexity index is 2580. The minimum Gasteiger partial charge on any atom is -0.508 e. The summed E-state index contributed by atoms with van der Waals surface area (Å²) in [6.07, 6.45) is -4.66. The highest BCUT2D eigenvalue weighted by Gasteiger charge is 2.37. The number of phenolic OH excluding ortho intramolecular Hbond substituents is 1. The number of phenols is 1. The standard InChI is InChI=1S/C46H66N14O19S2/c1-20(61)37(46(79)55-25(7-10-34(65)66)39(72)58-30(17-80)44(77)53-24(38(49)71)6-9-32(48)63)60-40(73)26(8-11-35(67)68)54-43(76)29(14-36(69)70)57-45(78)31(18-81)59-41(74)27(12-21-2-4-23(62)5-3-21)56-42(75)28(52-33(64)15-47)13-22-16-50-19-51-22/h2-5,16,19-20,24-31,37,61-62,80-81H,6-15,17-18,47H2,1H3,(H2,48,63)(H2,49,71)(H,50,51)(H,52,64)(H,53,77)(H,54,76)(H,55,79)(H,56,75)(H,57,78)(H,58,72)(H,59,74)(H,60,73)(H,65,66)(H,67,68)(H,69,70)/t20-,24+,25+,26+,27+,28+,29+,30+,31+,37+/m1/s1. The van der Waals surface area contributed by atoms with Gasteiger partial charge in [-0.05, 0) is 43.9 Å². The first-order chi connectivity index (χ1) is 38.1. The number of nitrogens with zero attached hydrogens (tertiary/aromatic N) is 1. The van der Waals surface area contributed by atoms with Crippen molar-refractivity contribution in [3.63, 3.8) is 0 Å². The van der Waals surface area contributed by atoms with E-state index in [-0.39, 0.29) is 31.4 Å². The molecule has 0 fully saturated rings. The van der Waals surface area contributed by atoms with Gasteiger partial charge >= 0.3 is 17.9 Å². The quantitative estimate of drug-likeness (QED) is 0.0279. The van der Waals surface area contributed by atoms with Crippen molar-refractivity contribution in [3.05, 3.63) is 48.0 Å². The molecule has 0 saturated heterocycles. The van der Waals surface area contributed by atoms with Crippen molar-refractivity contribution < 1.29 is 92.7 Å². The summed E-state index contributed by atoms with van der Waals surface area (Å²) in [5.74, 6) is -18.2. The Labute approximate surface area is 471 Å². The Morgan fingerprint density at radius 3 is 1.41 bits per heavy atom. The summed E-state index contributed by atoms with van der Waals surface area (Å²) in [4.78, 5) is 187. The van der Waals surface area contributed by atoms with E-state index in [4.69, 9.17) is 17.2 Å². The number of aromatic nitrogens is 2. The number of hydrogen-bond acceptors (Lipinski definition) is 20. The molecule has 0 spiro atoms. The largest absolute Gasteiger partial charge is 0.508 e. The van der Waals surface area contributed by atoms with Crippen LogP contribution >= 0.6 is 25.3 Å². The van der Waals surface area contributed by atoms with Crippen LogP contribution in [0.2, 0.25) is 0 Å². The van der Waals surface area contributed by atoms with E-state index in [0.717, 1.165) is 6.92 Å². The Hall–Kier alpha value is -8.57. The molecule has 11 amide bonds. The maximum Gasteiger partial charge on any atom is 0.305 e. The number of carbonyl (C=O) groups is 14. The van der Waals surface area contributed by atoms with Crippen LogP contribution in [0.1, 0.15) is 63.1 Å². The number of primary amides is 2. The summed E-state index contributed by atoms with van der Waals surface area (Å²) in [7, 11) is 0. The van der Waals surface area contributed by atoms with Crippen LogP contribution in [-0.4, -0.2) is 197 Å². The van der Waals surface area contributed by atoms with Crippen LogP contribution in [0.3, 0.4) is 0 Å². The summed E-state index contributed by atoms with van der Waals surface area (Å²) in [6, 6.07) is -10.3. The zero-order valence-electron chi connectivity index (χ0n) is 43.2. The second-order valence-electron chi connectivity index (χ2n) is 17.9. The molecule has 0 aliphatic rings. The van der Waals surface area contributed by atoms with Crippen molar-refractivity contribution in [2.75, 3.05) is 18.1 Å². The van der Waals surface area contributed by atoms with E-state index < -0.39 is 194 Å². The van der Waals surface area contributed by atoms with E-state index >= 15 is 0 Å². The molecule has 35 heteroatoms. The number of carbonyl (C=O) groups excluding carboxylic acids is 11. The number of aliphatic carboxylic acids is 3. The molecule has 0 aliphatic heterocycles. The third kappa shape index (κ3) is 25.0. The van der Waals surface area contributed by atoms with Gasteiger partial charge in [0.15, 0.2) is 0 Å². The van der Waals surface area contributed by atoms with Gasteiger partial charge in [0.2, 0.25) is 65.0 Å². The first kappa shape index (κ1) is 68.5. The van der Waals surface area contributed by atoms with Crippen LogP contribution in [0.5, 0.6) is 5.75 Å². The Morgan fingerprint density at radius 1 is 0.543 bits per heavy atom. The van der Waals surface area contributed by atoms with Gasteiger partial charge in [-0.2, -0.15) is 25.3 Å². The number of nitrogens with two attached hydrogens (primary N) is 3. The summed E-state index contributed by atoms with van der Waals surface area (Å²) in [6.45, 7) is 0.459. The van der Waals surface area contributed by atoms with E-state index in [9.17, 15) is 92.7 Å². The number of aromatic amines is 1.